The molecule has 0 saturated heterocycles. The molecule has 0 fully saturated rings. The zero-order valence-corrected chi connectivity index (χ0v) is 13.3. The van der Waals surface area contributed by atoms with Gasteiger partial charge in [0.2, 0.25) is 5.91 Å². The van der Waals surface area contributed by atoms with Crippen LogP contribution in [0.2, 0.25) is 0 Å². The minimum atomic E-state index is 0.235. The molecule has 0 rings (SSSR count). The fourth-order valence-corrected chi connectivity index (χ4v) is 2.21. The monoisotopic (exact) mass is 270 g/mol. The van der Waals surface area contributed by atoms with Crippen LogP contribution < -0.4 is 5.32 Å². The van der Waals surface area contributed by atoms with Gasteiger partial charge in [-0.05, 0) is 38.9 Å². The summed E-state index contributed by atoms with van der Waals surface area (Å²) in [5.41, 5.74) is 0. The lowest BCUT2D eigenvalue weighted by molar-refractivity contribution is -0.121. The third-order valence-corrected chi connectivity index (χ3v) is 3.63. The molecule has 19 heavy (non-hydrogen) atoms. The quantitative estimate of drug-likeness (QED) is 0.519. The van der Waals surface area contributed by atoms with E-state index in [1.54, 1.807) is 0 Å². The molecule has 0 bridgehead atoms. The van der Waals surface area contributed by atoms with Crippen LogP contribution in [0.3, 0.4) is 0 Å². The molecule has 0 radical (unpaired) electrons. The molecule has 0 aliphatic rings. The van der Waals surface area contributed by atoms with Crippen LogP contribution in [0.15, 0.2) is 0 Å². The maximum absolute atomic E-state index is 11.6. The number of carbonyl (C=O) groups excluding carboxylic acids is 1. The smallest absolute Gasteiger partial charge is 0.219 e. The molecule has 1 N–H and O–H groups in total. The molecule has 3 nitrogen and oxygen atoms in total. The van der Waals surface area contributed by atoms with Crippen molar-refractivity contribution in [3.63, 3.8) is 0 Å². The van der Waals surface area contributed by atoms with E-state index >= 15 is 0 Å². The van der Waals surface area contributed by atoms with Crippen molar-refractivity contribution in [2.45, 2.75) is 72.1 Å². The highest BCUT2D eigenvalue weighted by Crippen LogP contribution is 2.04. The molecule has 0 saturated carbocycles. The molecule has 0 aromatic heterocycles. The Morgan fingerprint density at radius 3 is 2.21 bits per heavy atom. The molecule has 3 heteroatoms. The first-order valence-electron chi connectivity index (χ1n) is 8.23. The lowest BCUT2D eigenvalue weighted by atomic mass is 10.1. The summed E-state index contributed by atoms with van der Waals surface area (Å²) in [5.74, 6) is 0.235. The summed E-state index contributed by atoms with van der Waals surface area (Å²) in [6, 6.07) is 0. The van der Waals surface area contributed by atoms with Crippen molar-refractivity contribution < 1.29 is 4.79 Å². The number of unbranched alkanes of at least 4 members (excludes halogenated alkanes) is 5. The third-order valence-electron chi connectivity index (χ3n) is 3.63. The first-order chi connectivity index (χ1) is 9.24. The highest BCUT2D eigenvalue weighted by molar-refractivity contribution is 5.75. The van der Waals surface area contributed by atoms with Gasteiger partial charge < -0.3 is 10.2 Å². The molecule has 0 aliphatic carbocycles. The fourth-order valence-electron chi connectivity index (χ4n) is 2.21. The minimum absolute atomic E-state index is 0.235. The second-order valence-electron chi connectivity index (χ2n) is 5.25. The van der Waals surface area contributed by atoms with Gasteiger partial charge in [0.05, 0.1) is 0 Å². The number of amides is 1. The molecule has 0 spiro atoms. The van der Waals surface area contributed by atoms with E-state index < -0.39 is 0 Å². The van der Waals surface area contributed by atoms with Crippen molar-refractivity contribution in [1.29, 1.82) is 0 Å². The maximum atomic E-state index is 11.6. The Morgan fingerprint density at radius 1 is 0.895 bits per heavy atom. The van der Waals surface area contributed by atoms with Gasteiger partial charge in [-0.15, -0.1) is 0 Å². The summed E-state index contributed by atoms with van der Waals surface area (Å²) in [6.45, 7) is 10.9. The number of nitrogens with zero attached hydrogens (tertiary/aromatic N) is 1. The number of nitrogens with one attached hydrogen (secondary N) is 1. The van der Waals surface area contributed by atoms with Gasteiger partial charge in [-0.25, -0.2) is 0 Å². The molecule has 0 unspecified atom stereocenters. The normalized spacial score (nSPS) is 10.9. The molecule has 0 aromatic carbocycles. The van der Waals surface area contributed by atoms with E-state index in [-0.39, 0.29) is 5.91 Å². The van der Waals surface area contributed by atoms with Crippen LogP contribution in [-0.4, -0.2) is 37.0 Å². The second kappa shape index (κ2) is 13.9. The summed E-state index contributed by atoms with van der Waals surface area (Å²) in [6.07, 6.45) is 9.06. The van der Waals surface area contributed by atoms with Gasteiger partial charge in [0.1, 0.15) is 0 Å². The zero-order valence-electron chi connectivity index (χ0n) is 13.3. The third kappa shape index (κ3) is 12.2. The van der Waals surface area contributed by atoms with E-state index in [0.29, 0.717) is 6.42 Å². The zero-order chi connectivity index (χ0) is 14.3. The van der Waals surface area contributed by atoms with Crippen LogP contribution in [0.4, 0.5) is 0 Å². The standard InChI is InChI=1S/C16H34N2O/c1-4-7-8-9-10-13-16(19)17-14-11-12-15-18(5-2)6-3/h4-15H2,1-3H3,(H,17,19). The molecule has 0 atom stereocenters. The Labute approximate surface area is 120 Å². The maximum Gasteiger partial charge on any atom is 0.219 e. The van der Waals surface area contributed by atoms with Gasteiger partial charge in [-0.1, -0.05) is 46.5 Å². The van der Waals surface area contributed by atoms with Gasteiger partial charge in [-0.3, -0.25) is 4.79 Å². The molecule has 0 aliphatic heterocycles. The number of carbonyl (C=O) groups is 1. The average Bonchev–Trinajstić information content (AvgIpc) is 2.42. The number of hydrogen-bond acceptors (Lipinski definition) is 2. The van der Waals surface area contributed by atoms with Crippen LogP contribution in [0.25, 0.3) is 0 Å². The van der Waals surface area contributed by atoms with Crippen molar-refractivity contribution in [3.8, 4) is 0 Å². The van der Waals surface area contributed by atoms with Gasteiger partial charge in [0.25, 0.3) is 0 Å². The van der Waals surface area contributed by atoms with Crippen LogP contribution in [0, 0.1) is 0 Å². The van der Waals surface area contributed by atoms with E-state index in [1.165, 1.54) is 32.1 Å². The highest BCUT2D eigenvalue weighted by atomic mass is 16.1. The Morgan fingerprint density at radius 2 is 1.58 bits per heavy atom. The van der Waals surface area contributed by atoms with Gasteiger partial charge in [-0.2, -0.15) is 0 Å². The van der Waals surface area contributed by atoms with Crippen molar-refractivity contribution in [2.24, 2.45) is 0 Å². The van der Waals surface area contributed by atoms with E-state index in [4.69, 9.17) is 0 Å². The molecule has 1 amide bonds. The molecule has 114 valence electrons. The fraction of sp³-hybridized carbons (Fsp3) is 0.938. The Bertz CT molecular complexity index is 203. The predicted molar refractivity (Wildman–Crippen MR) is 83.4 cm³/mol. The topological polar surface area (TPSA) is 32.3 Å². The number of hydrogen-bond donors (Lipinski definition) is 1. The molecule has 0 aromatic rings. The van der Waals surface area contributed by atoms with Crippen molar-refractivity contribution in [1.82, 2.24) is 10.2 Å². The number of rotatable bonds is 13. The summed E-state index contributed by atoms with van der Waals surface area (Å²) in [5, 5.41) is 3.03. The van der Waals surface area contributed by atoms with Crippen LogP contribution in [-0.2, 0) is 4.79 Å². The van der Waals surface area contributed by atoms with Crippen molar-refractivity contribution >= 4 is 5.91 Å². The average molecular weight is 270 g/mol. The Kier molecular flexibility index (Phi) is 13.4. The van der Waals surface area contributed by atoms with Crippen molar-refractivity contribution in [3.05, 3.63) is 0 Å². The van der Waals surface area contributed by atoms with Crippen LogP contribution in [0.1, 0.15) is 72.1 Å². The van der Waals surface area contributed by atoms with Crippen LogP contribution in [0.5, 0.6) is 0 Å². The predicted octanol–water partition coefficient (Wildman–Crippen LogP) is 3.59. The molecule has 0 heterocycles. The van der Waals surface area contributed by atoms with Gasteiger partial charge in [0, 0.05) is 13.0 Å². The van der Waals surface area contributed by atoms with E-state index in [1.807, 2.05) is 0 Å². The SMILES string of the molecule is CCCCCCCC(=O)NCCCCN(CC)CC. The van der Waals surface area contributed by atoms with E-state index in [0.717, 1.165) is 39.0 Å². The van der Waals surface area contributed by atoms with Crippen LogP contribution >= 0.6 is 0 Å². The summed E-state index contributed by atoms with van der Waals surface area (Å²) < 4.78 is 0. The largest absolute Gasteiger partial charge is 0.356 e. The Balaban J connectivity index is 3.29. The highest BCUT2D eigenvalue weighted by Gasteiger charge is 2.01. The minimum Gasteiger partial charge on any atom is -0.356 e. The lowest BCUT2D eigenvalue weighted by Gasteiger charge is -2.17. The first kappa shape index (κ1) is 18.4. The van der Waals surface area contributed by atoms with Crippen molar-refractivity contribution in [2.75, 3.05) is 26.2 Å². The molecular weight excluding hydrogens is 236 g/mol. The first-order valence-corrected chi connectivity index (χ1v) is 8.23. The summed E-state index contributed by atoms with van der Waals surface area (Å²) in [7, 11) is 0. The van der Waals surface area contributed by atoms with E-state index in [9.17, 15) is 4.79 Å². The second-order valence-corrected chi connectivity index (χ2v) is 5.25. The summed E-state index contributed by atoms with van der Waals surface area (Å²) >= 11 is 0. The van der Waals surface area contributed by atoms with Gasteiger partial charge in [0.15, 0.2) is 0 Å². The lowest BCUT2D eigenvalue weighted by Crippen LogP contribution is -2.27. The van der Waals surface area contributed by atoms with Gasteiger partial charge >= 0.3 is 0 Å². The Hall–Kier alpha value is -0.570. The molecular formula is C16H34N2O. The van der Waals surface area contributed by atoms with E-state index in [2.05, 4.69) is 31.0 Å². The summed E-state index contributed by atoms with van der Waals surface area (Å²) in [4.78, 5) is 14.0.